The number of rotatable bonds is 2. The van der Waals surface area contributed by atoms with Gasteiger partial charge in [0, 0.05) is 0 Å². The molecule has 23 heavy (non-hydrogen) atoms. The van der Waals surface area contributed by atoms with Crippen molar-refractivity contribution in [3.63, 3.8) is 0 Å². The fourth-order valence-corrected chi connectivity index (χ4v) is 4.73. The maximum atomic E-state index is 12.9. The number of halogens is 1. The fraction of sp³-hybridized carbons (Fsp3) is 0.389. The van der Waals surface area contributed by atoms with E-state index in [1.54, 1.807) is 12.1 Å². The summed E-state index contributed by atoms with van der Waals surface area (Å²) in [6.45, 7) is 0. The summed E-state index contributed by atoms with van der Waals surface area (Å²) in [7, 11) is 0. The Morgan fingerprint density at radius 2 is 1.57 bits per heavy atom. The Kier molecular flexibility index (Phi) is 2.50. The van der Waals surface area contributed by atoms with E-state index in [2.05, 4.69) is 17.3 Å². The van der Waals surface area contributed by atoms with Gasteiger partial charge in [-0.1, -0.05) is 24.3 Å². The van der Waals surface area contributed by atoms with E-state index in [0.29, 0.717) is 17.4 Å². The Morgan fingerprint density at radius 1 is 1.00 bits per heavy atom. The summed E-state index contributed by atoms with van der Waals surface area (Å²) in [6.07, 6.45) is 6.87. The average molecular weight is 310 g/mol. The summed E-state index contributed by atoms with van der Waals surface area (Å²) < 4.78 is 12.9. The summed E-state index contributed by atoms with van der Waals surface area (Å²) >= 11 is 0. The molecule has 0 spiro atoms. The number of hydrazone groups is 1. The van der Waals surface area contributed by atoms with Crippen LogP contribution in [0.1, 0.15) is 12.0 Å². The van der Waals surface area contributed by atoms with Crippen LogP contribution in [-0.2, 0) is 9.59 Å². The Labute approximate surface area is 132 Å². The lowest BCUT2D eigenvalue weighted by molar-refractivity contribution is -0.140. The largest absolute Gasteiger partial charge is 0.272 e. The molecule has 5 heteroatoms. The zero-order chi connectivity index (χ0) is 15.7. The van der Waals surface area contributed by atoms with Gasteiger partial charge in [0.2, 0.25) is 0 Å². The van der Waals surface area contributed by atoms with Gasteiger partial charge in [0.25, 0.3) is 11.8 Å². The SMILES string of the molecule is O=C1[C@@H]2[C@@H]3C=C[C@H]([C@H]4C[C@H]34)[C@@H]2C(=O)N1/N=C\c1ccc(F)cc1. The second-order valence-corrected chi connectivity index (χ2v) is 6.94. The Balaban J connectivity index is 1.44. The second-order valence-electron chi connectivity index (χ2n) is 6.94. The van der Waals surface area contributed by atoms with Gasteiger partial charge in [0.15, 0.2) is 0 Å². The molecule has 6 atom stereocenters. The number of allylic oxidation sites excluding steroid dienone is 2. The summed E-state index contributed by atoms with van der Waals surface area (Å²) in [6, 6.07) is 5.79. The van der Waals surface area contributed by atoms with Gasteiger partial charge in [-0.2, -0.15) is 10.1 Å². The van der Waals surface area contributed by atoms with Crippen molar-refractivity contribution < 1.29 is 14.0 Å². The van der Waals surface area contributed by atoms with Crippen molar-refractivity contribution in [3.05, 3.63) is 47.8 Å². The number of imide groups is 1. The average Bonchev–Trinajstić information content (AvgIpc) is 3.33. The third kappa shape index (κ3) is 1.73. The van der Waals surface area contributed by atoms with Gasteiger partial charge in [-0.05, 0) is 47.8 Å². The van der Waals surface area contributed by atoms with E-state index in [9.17, 15) is 14.0 Å². The topological polar surface area (TPSA) is 49.7 Å². The maximum Gasteiger partial charge on any atom is 0.254 e. The molecule has 116 valence electrons. The highest BCUT2D eigenvalue weighted by Gasteiger charge is 2.67. The molecule has 0 unspecified atom stereocenters. The van der Waals surface area contributed by atoms with Gasteiger partial charge >= 0.3 is 0 Å². The number of hydrogen-bond donors (Lipinski definition) is 0. The van der Waals surface area contributed by atoms with E-state index in [1.807, 2.05) is 0 Å². The standard InChI is InChI=1S/C18H15FN2O2/c19-10-3-1-9(2-4-10)8-20-21-17(22)15-11-5-6-12(14-7-13(11)14)16(15)18(21)23/h1-6,8,11-16H,7H2/b20-8-/t11-,12-,13-,14-,15-,16+/m1/s1. The van der Waals surface area contributed by atoms with E-state index >= 15 is 0 Å². The van der Waals surface area contributed by atoms with Crippen LogP contribution in [-0.4, -0.2) is 23.0 Å². The van der Waals surface area contributed by atoms with Crippen molar-refractivity contribution in [2.45, 2.75) is 6.42 Å². The molecular formula is C18H15FN2O2. The zero-order valence-electron chi connectivity index (χ0n) is 12.3. The van der Waals surface area contributed by atoms with E-state index in [0.717, 1.165) is 11.4 Å². The van der Waals surface area contributed by atoms with Crippen molar-refractivity contribution in [2.75, 3.05) is 0 Å². The number of carbonyl (C=O) groups is 2. The minimum Gasteiger partial charge on any atom is -0.272 e. The Morgan fingerprint density at radius 3 is 2.13 bits per heavy atom. The number of benzene rings is 1. The van der Waals surface area contributed by atoms with Crippen molar-refractivity contribution in [1.82, 2.24) is 5.01 Å². The molecule has 4 aliphatic carbocycles. The van der Waals surface area contributed by atoms with Crippen LogP contribution in [0, 0.1) is 41.3 Å². The first kappa shape index (κ1) is 13.2. The van der Waals surface area contributed by atoms with E-state index in [4.69, 9.17) is 0 Å². The molecule has 5 aliphatic rings. The number of nitrogens with zero attached hydrogens (tertiary/aromatic N) is 2. The van der Waals surface area contributed by atoms with Crippen LogP contribution >= 0.6 is 0 Å². The molecule has 1 aromatic carbocycles. The third-order valence-corrected chi connectivity index (χ3v) is 5.83. The van der Waals surface area contributed by atoms with Crippen LogP contribution in [0.2, 0.25) is 0 Å². The van der Waals surface area contributed by atoms with E-state index < -0.39 is 0 Å². The van der Waals surface area contributed by atoms with E-state index in [1.165, 1.54) is 18.3 Å². The Bertz CT molecular complexity index is 734. The van der Waals surface area contributed by atoms with Gasteiger partial charge in [-0.15, -0.1) is 0 Å². The normalized spacial score (nSPS) is 40.0. The zero-order valence-corrected chi connectivity index (χ0v) is 12.3. The molecule has 2 amide bonds. The highest BCUT2D eigenvalue weighted by molar-refractivity contribution is 6.06. The second kappa shape index (κ2) is 4.37. The van der Waals surface area contributed by atoms with Crippen molar-refractivity contribution in [3.8, 4) is 0 Å². The predicted molar refractivity (Wildman–Crippen MR) is 80.5 cm³/mol. The van der Waals surface area contributed by atoms with Crippen LogP contribution in [0.4, 0.5) is 4.39 Å². The lowest BCUT2D eigenvalue weighted by atomic mass is 9.63. The molecule has 0 radical (unpaired) electrons. The molecule has 1 aromatic rings. The molecule has 2 saturated carbocycles. The van der Waals surface area contributed by atoms with Gasteiger partial charge in [0.1, 0.15) is 5.82 Å². The lowest BCUT2D eigenvalue weighted by Crippen LogP contribution is -2.40. The molecule has 3 fully saturated rings. The molecule has 2 bridgehead atoms. The quantitative estimate of drug-likeness (QED) is 0.478. The summed E-state index contributed by atoms with van der Waals surface area (Å²) in [5.74, 6) is 0.440. The Hall–Kier alpha value is -2.30. The number of carbonyl (C=O) groups excluding carboxylic acids is 2. The number of hydrogen-bond acceptors (Lipinski definition) is 3. The predicted octanol–water partition coefficient (Wildman–Crippen LogP) is 2.21. The molecule has 1 aliphatic heterocycles. The van der Waals surface area contributed by atoms with Crippen molar-refractivity contribution in [1.29, 1.82) is 0 Å². The van der Waals surface area contributed by atoms with Gasteiger partial charge in [-0.25, -0.2) is 4.39 Å². The smallest absolute Gasteiger partial charge is 0.254 e. The highest BCUT2D eigenvalue weighted by Crippen LogP contribution is 2.65. The molecule has 1 saturated heterocycles. The molecule has 0 N–H and O–H groups in total. The molecule has 0 aromatic heterocycles. The van der Waals surface area contributed by atoms with Gasteiger partial charge < -0.3 is 0 Å². The monoisotopic (exact) mass is 310 g/mol. The minimum atomic E-state index is -0.330. The van der Waals surface area contributed by atoms with Crippen LogP contribution in [0.5, 0.6) is 0 Å². The molecule has 6 rings (SSSR count). The van der Waals surface area contributed by atoms with Crippen LogP contribution < -0.4 is 0 Å². The van der Waals surface area contributed by atoms with Crippen LogP contribution in [0.25, 0.3) is 0 Å². The highest BCUT2D eigenvalue weighted by atomic mass is 19.1. The van der Waals surface area contributed by atoms with Gasteiger partial charge in [-0.3, -0.25) is 9.59 Å². The van der Waals surface area contributed by atoms with Crippen LogP contribution in [0.3, 0.4) is 0 Å². The molecular weight excluding hydrogens is 295 g/mol. The van der Waals surface area contributed by atoms with Crippen LogP contribution in [0.15, 0.2) is 41.5 Å². The number of amides is 2. The molecule has 4 nitrogen and oxygen atoms in total. The van der Waals surface area contributed by atoms with E-state index in [-0.39, 0.29) is 41.3 Å². The van der Waals surface area contributed by atoms with Gasteiger partial charge in [0.05, 0.1) is 18.1 Å². The third-order valence-electron chi connectivity index (χ3n) is 5.83. The summed E-state index contributed by atoms with van der Waals surface area (Å²) in [5.41, 5.74) is 0.658. The summed E-state index contributed by atoms with van der Waals surface area (Å²) in [5, 5.41) is 5.14. The lowest BCUT2D eigenvalue weighted by Gasteiger charge is -2.37. The van der Waals surface area contributed by atoms with Crippen molar-refractivity contribution >= 4 is 18.0 Å². The first-order valence-corrected chi connectivity index (χ1v) is 8.01. The first-order chi connectivity index (χ1) is 11.1. The van der Waals surface area contributed by atoms with Crippen molar-refractivity contribution in [2.24, 2.45) is 40.6 Å². The maximum absolute atomic E-state index is 12.9. The minimum absolute atomic E-state index is 0.178. The summed E-state index contributed by atoms with van der Waals surface area (Å²) in [4.78, 5) is 25.4. The molecule has 1 heterocycles. The fourth-order valence-electron chi connectivity index (χ4n) is 4.73. The first-order valence-electron chi connectivity index (χ1n) is 8.01.